The van der Waals surface area contributed by atoms with E-state index in [4.69, 9.17) is 14.2 Å². The highest BCUT2D eigenvalue weighted by molar-refractivity contribution is 8.00. The van der Waals surface area contributed by atoms with Crippen LogP contribution >= 0.6 is 23.1 Å². The summed E-state index contributed by atoms with van der Waals surface area (Å²) in [6, 6.07) is 29.6. The molecule has 4 aromatic carbocycles. The lowest BCUT2D eigenvalue weighted by atomic mass is 10.1. The van der Waals surface area contributed by atoms with Gasteiger partial charge in [0.25, 0.3) is 5.91 Å². The molecule has 0 aliphatic carbocycles. The molecule has 1 unspecified atom stereocenters. The summed E-state index contributed by atoms with van der Waals surface area (Å²) in [7, 11) is 4.68. The van der Waals surface area contributed by atoms with E-state index in [-0.39, 0.29) is 11.8 Å². The molecule has 0 aliphatic rings. The second kappa shape index (κ2) is 13.9. The van der Waals surface area contributed by atoms with Gasteiger partial charge in [0, 0.05) is 27.1 Å². The molecule has 0 saturated heterocycles. The highest BCUT2D eigenvalue weighted by atomic mass is 32.2. The van der Waals surface area contributed by atoms with Crippen molar-refractivity contribution in [2.75, 3.05) is 32.0 Å². The maximum atomic E-state index is 13.6. The molecule has 8 nitrogen and oxygen atoms in total. The van der Waals surface area contributed by atoms with Crippen LogP contribution in [0.1, 0.15) is 21.2 Å². The maximum absolute atomic E-state index is 13.6. The molecule has 5 aromatic rings. The van der Waals surface area contributed by atoms with E-state index in [1.54, 1.807) is 38.5 Å². The number of aromatic nitrogens is 1. The van der Waals surface area contributed by atoms with Crippen LogP contribution in [0.5, 0.6) is 17.2 Å². The van der Waals surface area contributed by atoms with E-state index >= 15 is 0 Å². The summed E-state index contributed by atoms with van der Waals surface area (Å²) in [6.07, 6.45) is 0. The largest absolute Gasteiger partial charge is 0.497 e. The van der Waals surface area contributed by atoms with Crippen molar-refractivity contribution in [3.8, 4) is 28.5 Å². The first-order valence-corrected chi connectivity index (χ1v) is 15.0. The van der Waals surface area contributed by atoms with E-state index in [1.807, 2.05) is 78.2 Å². The monoisotopic (exact) mass is 611 g/mol. The van der Waals surface area contributed by atoms with E-state index in [2.05, 4.69) is 15.6 Å². The molecular formula is C33H29N3O5S2. The highest BCUT2D eigenvalue weighted by Crippen LogP contribution is 2.38. The van der Waals surface area contributed by atoms with Gasteiger partial charge in [0.15, 0.2) is 16.6 Å². The van der Waals surface area contributed by atoms with E-state index in [0.29, 0.717) is 27.9 Å². The van der Waals surface area contributed by atoms with Crippen molar-refractivity contribution in [3.05, 3.63) is 114 Å². The number of hydrogen-bond donors (Lipinski definition) is 2. The Bertz CT molecular complexity index is 1720. The fourth-order valence-electron chi connectivity index (χ4n) is 4.28. The fourth-order valence-corrected chi connectivity index (χ4v) is 6.09. The Kier molecular flexibility index (Phi) is 9.60. The van der Waals surface area contributed by atoms with Gasteiger partial charge < -0.3 is 24.8 Å². The molecule has 218 valence electrons. The van der Waals surface area contributed by atoms with Crippen LogP contribution in [0.25, 0.3) is 11.3 Å². The first kappa shape index (κ1) is 29.7. The van der Waals surface area contributed by atoms with Crippen LogP contribution in [0.2, 0.25) is 0 Å². The molecule has 2 amide bonds. The lowest BCUT2D eigenvalue weighted by Gasteiger charge is -2.17. The Labute approximate surface area is 258 Å². The molecule has 1 atom stereocenters. The molecule has 1 heterocycles. The predicted octanol–water partition coefficient (Wildman–Crippen LogP) is 7.56. The van der Waals surface area contributed by atoms with Crippen LogP contribution in [0, 0.1) is 0 Å². The van der Waals surface area contributed by atoms with Crippen molar-refractivity contribution in [1.82, 2.24) is 4.98 Å². The Morgan fingerprint density at radius 2 is 1.58 bits per heavy atom. The van der Waals surface area contributed by atoms with Crippen molar-refractivity contribution >= 4 is 45.7 Å². The van der Waals surface area contributed by atoms with Crippen molar-refractivity contribution in [2.45, 2.75) is 10.1 Å². The fraction of sp³-hybridized carbons (Fsp3) is 0.121. The summed E-state index contributed by atoms with van der Waals surface area (Å²) in [5.74, 6) is 1.24. The number of thiazole rings is 1. The number of methoxy groups -OCH3 is 3. The minimum atomic E-state index is -0.567. The molecule has 1 aromatic heterocycles. The number of thioether (sulfide) groups is 1. The third-order valence-electron chi connectivity index (χ3n) is 6.43. The van der Waals surface area contributed by atoms with Gasteiger partial charge in [-0.3, -0.25) is 9.59 Å². The van der Waals surface area contributed by atoms with Gasteiger partial charge in [-0.05, 0) is 54.1 Å². The molecule has 0 bridgehead atoms. The molecule has 0 aliphatic heterocycles. The normalized spacial score (nSPS) is 11.3. The molecule has 0 spiro atoms. The number of anilines is 2. The summed E-state index contributed by atoms with van der Waals surface area (Å²) in [6.45, 7) is 0. The van der Waals surface area contributed by atoms with Gasteiger partial charge in [-0.1, -0.05) is 48.5 Å². The SMILES string of the molecule is COc1cccc(-c2csc(NC(=O)C(Sc3cccc(NC(=O)c4ccc(OC)c(OC)c4)c3)c3ccccc3)n2)c1. The summed E-state index contributed by atoms with van der Waals surface area (Å²) in [4.78, 5) is 32.1. The van der Waals surface area contributed by atoms with Crippen molar-refractivity contribution in [3.63, 3.8) is 0 Å². The van der Waals surface area contributed by atoms with E-state index < -0.39 is 5.25 Å². The summed E-state index contributed by atoms with van der Waals surface area (Å²) >= 11 is 2.75. The number of carbonyl (C=O) groups excluding carboxylic acids is 2. The minimum Gasteiger partial charge on any atom is -0.497 e. The quantitative estimate of drug-likeness (QED) is 0.149. The molecule has 5 rings (SSSR count). The van der Waals surface area contributed by atoms with Gasteiger partial charge in [-0.25, -0.2) is 4.98 Å². The zero-order valence-corrected chi connectivity index (χ0v) is 25.3. The number of ether oxygens (including phenoxy) is 3. The standard InChI is InChI=1S/C33H29N3O5S2/c1-39-25-13-7-11-22(17-25)27-20-42-33(35-27)36-32(38)30(21-9-5-4-6-10-21)43-26-14-8-12-24(19-26)34-31(37)23-15-16-28(40-2)29(18-23)41-3/h4-20,30H,1-3H3,(H,34,37)(H,35,36,38). The Balaban J connectivity index is 1.33. The molecule has 10 heteroatoms. The number of rotatable bonds is 11. The van der Waals surface area contributed by atoms with E-state index in [1.165, 1.54) is 30.2 Å². The van der Waals surface area contributed by atoms with Crippen molar-refractivity contribution in [1.29, 1.82) is 0 Å². The van der Waals surface area contributed by atoms with E-state index in [0.717, 1.165) is 27.5 Å². The molecule has 43 heavy (non-hydrogen) atoms. The summed E-state index contributed by atoms with van der Waals surface area (Å²) in [5.41, 5.74) is 3.52. The first-order chi connectivity index (χ1) is 21.0. The predicted molar refractivity (Wildman–Crippen MR) is 172 cm³/mol. The molecular weight excluding hydrogens is 583 g/mol. The van der Waals surface area contributed by atoms with Crippen LogP contribution in [0.3, 0.4) is 0 Å². The van der Waals surface area contributed by atoms with Crippen LogP contribution in [0.15, 0.2) is 107 Å². The topological polar surface area (TPSA) is 98.8 Å². The zero-order chi connectivity index (χ0) is 30.2. The van der Waals surface area contributed by atoms with Crippen LogP contribution in [0.4, 0.5) is 10.8 Å². The van der Waals surface area contributed by atoms with Crippen molar-refractivity contribution in [2.24, 2.45) is 0 Å². The molecule has 0 saturated carbocycles. The maximum Gasteiger partial charge on any atom is 0.255 e. The Morgan fingerprint density at radius 1 is 0.791 bits per heavy atom. The second-order valence-electron chi connectivity index (χ2n) is 9.22. The van der Waals surface area contributed by atoms with Gasteiger partial charge in [0.1, 0.15) is 11.0 Å². The Hall–Kier alpha value is -4.80. The van der Waals surface area contributed by atoms with Crippen molar-refractivity contribution < 1.29 is 23.8 Å². The molecule has 0 radical (unpaired) electrons. The summed E-state index contributed by atoms with van der Waals surface area (Å²) < 4.78 is 15.9. The van der Waals surface area contributed by atoms with Gasteiger partial charge in [-0.15, -0.1) is 23.1 Å². The number of hydrogen-bond acceptors (Lipinski definition) is 8. The molecule has 2 N–H and O–H groups in total. The second-order valence-corrected chi connectivity index (χ2v) is 11.3. The number of nitrogens with zero attached hydrogens (tertiary/aromatic N) is 1. The molecule has 0 fully saturated rings. The van der Waals surface area contributed by atoms with E-state index in [9.17, 15) is 9.59 Å². The smallest absolute Gasteiger partial charge is 0.255 e. The summed E-state index contributed by atoms with van der Waals surface area (Å²) in [5, 5.41) is 7.76. The third kappa shape index (κ3) is 7.35. The first-order valence-electron chi connectivity index (χ1n) is 13.2. The van der Waals surface area contributed by atoms with Gasteiger partial charge in [-0.2, -0.15) is 0 Å². The average molecular weight is 612 g/mol. The average Bonchev–Trinajstić information content (AvgIpc) is 3.52. The van der Waals surface area contributed by atoms with Crippen LogP contribution in [-0.2, 0) is 4.79 Å². The minimum absolute atomic E-state index is 0.206. The highest BCUT2D eigenvalue weighted by Gasteiger charge is 2.24. The number of amides is 2. The number of nitrogens with one attached hydrogen (secondary N) is 2. The number of carbonyl (C=O) groups is 2. The lowest BCUT2D eigenvalue weighted by molar-refractivity contribution is -0.115. The van der Waals surface area contributed by atoms with Gasteiger partial charge in [0.2, 0.25) is 5.91 Å². The number of benzene rings is 4. The van der Waals surface area contributed by atoms with Gasteiger partial charge >= 0.3 is 0 Å². The van der Waals surface area contributed by atoms with Crippen LogP contribution < -0.4 is 24.8 Å². The van der Waals surface area contributed by atoms with Crippen LogP contribution in [-0.4, -0.2) is 38.1 Å². The Morgan fingerprint density at radius 3 is 2.35 bits per heavy atom. The van der Waals surface area contributed by atoms with Gasteiger partial charge in [0.05, 0.1) is 27.0 Å². The lowest BCUT2D eigenvalue weighted by Crippen LogP contribution is -2.19. The zero-order valence-electron chi connectivity index (χ0n) is 23.7. The third-order valence-corrected chi connectivity index (χ3v) is 8.44.